The summed E-state index contributed by atoms with van der Waals surface area (Å²) < 4.78 is 4.81. The Hall–Kier alpha value is -0.570. The van der Waals surface area contributed by atoms with Gasteiger partial charge in [-0.2, -0.15) is 0 Å². The minimum atomic E-state index is -0.209. The smallest absolute Gasteiger partial charge is 0.313 e. The average molecular weight is 185 g/mol. The van der Waals surface area contributed by atoms with Gasteiger partial charge < -0.3 is 10.1 Å². The van der Waals surface area contributed by atoms with E-state index in [1.165, 1.54) is 7.11 Å². The Morgan fingerprint density at radius 1 is 1.54 bits per heavy atom. The highest BCUT2D eigenvalue weighted by Crippen LogP contribution is 2.41. The van der Waals surface area contributed by atoms with E-state index in [9.17, 15) is 4.79 Å². The first-order chi connectivity index (χ1) is 6.10. The van der Waals surface area contributed by atoms with Gasteiger partial charge in [0.25, 0.3) is 0 Å². The molecule has 0 atom stereocenters. The van der Waals surface area contributed by atoms with Gasteiger partial charge in [-0.15, -0.1) is 0 Å². The lowest BCUT2D eigenvalue weighted by Gasteiger charge is -2.39. The summed E-state index contributed by atoms with van der Waals surface area (Å²) in [6.45, 7) is 4.94. The number of hydrogen-bond donors (Lipinski definition) is 1. The van der Waals surface area contributed by atoms with Gasteiger partial charge >= 0.3 is 5.97 Å². The van der Waals surface area contributed by atoms with Crippen molar-refractivity contribution >= 4 is 5.97 Å². The predicted molar refractivity (Wildman–Crippen MR) is 51.4 cm³/mol. The van der Waals surface area contributed by atoms with Crippen LogP contribution in [0.25, 0.3) is 0 Å². The van der Waals surface area contributed by atoms with Crippen LogP contribution < -0.4 is 5.32 Å². The van der Waals surface area contributed by atoms with Crippen LogP contribution in [0.4, 0.5) is 0 Å². The number of nitrogens with one attached hydrogen (secondary N) is 1. The van der Waals surface area contributed by atoms with Crippen LogP contribution in [0.15, 0.2) is 0 Å². The van der Waals surface area contributed by atoms with Crippen LogP contribution >= 0.6 is 0 Å². The van der Waals surface area contributed by atoms with Crippen LogP contribution in [0.5, 0.6) is 0 Å². The van der Waals surface area contributed by atoms with Crippen molar-refractivity contribution in [1.82, 2.24) is 5.32 Å². The van der Waals surface area contributed by atoms with Crippen LogP contribution in [-0.4, -0.2) is 25.7 Å². The van der Waals surface area contributed by atoms with Crippen LogP contribution in [0.1, 0.15) is 33.1 Å². The molecule has 76 valence electrons. The first kappa shape index (κ1) is 10.5. The van der Waals surface area contributed by atoms with Gasteiger partial charge in [0, 0.05) is 12.6 Å². The molecular formula is C10H19NO2. The minimum absolute atomic E-state index is 0.0492. The Kier molecular flexibility index (Phi) is 3.31. The molecule has 0 amide bonds. The lowest BCUT2D eigenvalue weighted by molar-refractivity contribution is -0.158. The molecule has 0 aromatic heterocycles. The van der Waals surface area contributed by atoms with E-state index in [2.05, 4.69) is 19.2 Å². The molecule has 1 rings (SSSR count). The molecule has 13 heavy (non-hydrogen) atoms. The highest BCUT2D eigenvalue weighted by molar-refractivity contribution is 5.78. The van der Waals surface area contributed by atoms with Crippen molar-refractivity contribution in [1.29, 1.82) is 0 Å². The number of rotatable bonds is 4. The lowest BCUT2D eigenvalue weighted by atomic mass is 9.68. The maximum Gasteiger partial charge on any atom is 0.313 e. The molecule has 1 fully saturated rings. The van der Waals surface area contributed by atoms with E-state index in [4.69, 9.17) is 4.74 Å². The SMILES string of the molecule is COC(=O)C1(CNC(C)C)CCC1. The number of carbonyl (C=O) groups is 1. The van der Waals surface area contributed by atoms with E-state index < -0.39 is 0 Å². The zero-order valence-corrected chi connectivity index (χ0v) is 8.72. The fraction of sp³-hybridized carbons (Fsp3) is 0.900. The van der Waals surface area contributed by atoms with E-state index in [0.717, 1.165) is 25.8 Å². The maximum atomic E-state index is 11.5. The van der Waals surface area contributed by atoms with Crippen LogP contribution in [-0.2, 0) is 9.53 Å². The molecule has 0 aliphatic heterocycles. The van der Waals surface area contributed by atoms with E-state index in [-0.39, 0.29) is 11.4 Å². The van der Waals surface area contributed by atoms with E-state index in [0.29, 0.717) is 6.04 Å². The number of esters is 1. The highest BCUT2D eigenvalue weighted by atomic mass is 16.5. The quantitative estimate of drug-likeness (QED) is 0.671. The van der Waals surface area contributed by atoms with Crippen molar-refractivity contribution in [2.24, 2.45) is 5.41 Å². The summed E-state index contributed by atoms with van der Waals surface area (Å²) in [4.78, 5) is 11.5. The summed E-state index contributed by atoms with van der Waals surface area (Å²) in [6, 6.07) is 0.433. The van der Waals surface area contributed by atoms with E-state index >= 15 is 0 Å². The maximum absolute atomic E-state index is 11.5. The van der Waals surface area contributed by atoms with Gasteiger partial charge in [-0.3, -0.25) is 4.79 Å². The summed E-state index contributed by atoms with van der Waals surface area (Å²) in [5.74, 6) is -0.0492. The van der Waals surface area contributed by atoms with Gasteiger partial charge in [0.15, 0.2) is 0 Å². The highest BCUT2D eigenvalue weighted by Gasteiger charge is 2.44. The molecule has 0 bridgehead atoms. The van der Waals surface area contributed by atoms with Crippen molar-refractivity contribution in [2.75, 3.05) is 13.7 Å². The molecule has 3 nitrogen and oxygen atoms in total. The topological polar surface area (TPSA) is 38.3 Å². The molecule has 1 aliphatic carbocycles. The third kappa shape index (κ3) is 2.21. The Morgan fingerprint density at radius 2 is 2.15 bits per heavy atom. The lowest BCUT2D eigenvalue weighted by Crippen LogP contribution is -2.48. The second-order valence-corrected chi connectivity index (χ2v) is 4.16. The molecule has 0 spiro atoms. The van der Waals surface area contributed by atoms with Crippen molar-refractivity contribution in [2.45, 2.75) is 39.2 Å². The summed E-state index contributed by atoms with van der Waals surface area (Å²) >= 11 is 0. The normalized spacial score (nSPS) is 19.7. The molecule has 0 aromatic carbocycles. The van der Waals surface area contributed by atoms with Gasteiger partial charge in [-0.05, 0) is 12.8 Å². The molecule has 3 heteroatoms. The zero-order valence-electron chi connectivity index (χ0n) is 8.72. The summed E-state index contributed by atoms with van der Waals surface area (Å²) in [5, 5.41) is 3.30. The van der Waals surface area contributed by atoms with Crippen LogP contribution in [0.2, 0.25) is 0 Å². The van der Waals surface area contributed by atoms with Gasteiger partial charge in [-0.1, -0.05) is 20.3 Å². The molecular weight excluding hydrogens is 166 g/mol. The van der Waals surface area contributed by atoms with Gasteiger partial charge in [-0.25, -0.2) is 0 Å². The second kappa shape index (κ2) is 4.09. The Balaban J connectivity index is 2.45. The second-order valence-electron chi connectivity index (χ2n) is 4.16. The summed E-state index contributed by atoms with van der Waals surface area (Å²) in [7, 11) is 1.47. The number of hydrogen-bond acceptors (Lipinski definition) is 3. The van der Waals surface area contributed by atoms with Crippen molar-refractivity contribution < 1.29 is 9.53 Å². The molecule has 0 saturated heterocycles. The molecule has 1 aliphatic rings. The zero-order chi connectivity index (χ0) is 9.90. The third-order valence-electron chi connectivity index (χ3n) is 2.78. The van der Waals surface area contributed by atoms with Crippen LogP contribution in [0, 0.1) is 5.41 Å². The predicted octanol–water partition coefficient (Wildman–Crippen LogP) is 1.33. The molecule has 1 N–H and O–H groups in total. The number of methoxy groups -OCH3 is 1. The average Bonchev–Trinajstić information content (AvgIpc) is 2.01. The first-order valence-electron chi connectivity index (χ1n) is 4.92. The number of ether oxygens (including phenoxy) is 1. The summed E-state index contributed by atoms with van der Waals surface area (Å²) in [6.07, 6.45) is 3.09. The minimum Gasteiger partial charge on any atom is -0.469 e. The summed E-state index contributed by atoms with van der Waals surface area (Å²) in [5.41, 5.74) is -0.209. The van der Waals surface area contributed by atoms with Crippen molar-refractivity contribution in [3.63, 3.8) is 0 Å². The van der Waals surface area contributed by atoms with E-state index in [1.54, 1.807) is 0 Å². The van der Waals surface area contributed by atoms with Crippen molar-refractivity contribution in [3.8, 4) is 0 Å². The van der Waals surface area contributed by atoms with Gasteiger partial charge in [0.1, 0.15) is 0 Å². The largest absolute Gasteiger partial charge is 0.469 e. The molecule has 0 aromatic rings. The molecule has 0 unspecified atom stereocenters. The number of carbonyl (C=O) groups excluding carboxylic acids is 1. The molecule has 0 radical (unpaired) electrons. The molecule has 0 heterocycles. The molecule has 1 saturated carbocycles. The fourth-order valence-corrected chi connectivity index (χ4v) is 1.67. The Bertz CT molecular complexity index is 185. The Morgan fingerprint density at radius 3 is 2.46 bits per heavy atom. The van der Waals surface area contributed by atoms with Gasteiger partial charge in [0.05, 0.1) is 12.5 Å². The first-order valence-corrected chi connectivity index (χ1v) is 4.92. The van der Waals surface area contributed by atoms with Gasteiger partial charge in [0.2, 0.25) is 0 Å². The van der Waals surface area contributed by atoms with E-state index in [1.807, 2.05) is 0 Å². The third-order valence-corrected chi connectivity index (χ3v) is 2.78. The van der Waals surface area contributed by atoms with Crippen molar-refractivity contribution in [3.05, 3.63) is 0 Å². The van der Waals surface area contributed by atoms with Crippen LogP contribution in [0.3, 0.4) is 0 Å². The monoisotopic (exact) mass is 185 g/mol. The Labute approximate surface area is 79.8 Å². The fourth-order valence-electron chi connectivity index (χ4n) is 1.67. The standard InChI is InChI=1S/C10H19NO2/c1-8(2)11-7-10(5-4-6-10)9(12)13-3/h8,11H,4-7H2,1-3H3.